The molecular formula is C27H36N4O2. The molecule has 2 amide bonds. The molecule has 33 heavy (non-hydrogen) atoms. The molecule has 0 bridgehead atoms. The van der Waals surface area contributed by atoms with Gasteiger partial charge in [0.1, 0.15) is 12.1 Å². The minimum Gasteiger partial charge on any atom is -0.342 e. The van der Waals surface area contributed by atoms with E-state index in [4.69, 9.17) is 5.73 Å². The molecule has 6 heteroatoms. The molecule has 2 saturated heterocycles. The molecule has 2 aliphatic rings. The highest BCUT2D eigenvalue weighted by molar-refractivity contribution is 5.90. The second-order valence-electron chi connectivity index (χ2n) is 9.78. The van der Waals surface area contributed by atoms with Gasteiger partial charge in [0.25, 0.3) is 0 Å². The molecule has 4 atom stereocenters. The fourth-order valence-corrected chi connectivity index (χ4v) is 5.21. The standard InChI is InChI=1S/C27H36N4O2/c1-19(2)25(29-26(32)24(28)22-11-7-4-8-12-22)27(33)31-16-14-21-13-15-30(18-23(21)31)17-20-9-5-3-6-10-20/h3-12,19,21,23-25H,13-18,28H2,1-2H3,(H,29,32)/t21?,23?,24-,25-/m0/s1. The summed E-state index contributed by atoms with van der Waals surface area (Å²) in [5.41, 5.74) is 8.24. The Morgan fingerprint density at radius 3 is 2.30 bits per heavy atom. The largest absolute Gasteiger partial charge is 0.342 e. The summed E-state index contributed by atoms with van der Waals surface area (Å²) in [6.45, 7) is 7.57. The van der Waals surface area contributed by atoms with Gasteiger partial charge in [-0.2, -0.15) is 0 Å². The number of fused-ring (bicyclic) bond motifs is 1. The molecule has 0 aromatic heterocycles. The fourth-order valence-electron chi connectivity index (χ4n) is 5.21. The van der Waals surface area contributed by atoms with Crippen molar-refractivity contribution in [3.63, 3.8) is 0 Å². The van der Waals surface area contributed by atoms with Crippen molar-refractivity contribution in [1.82, 2.24) is 15.1 Å². The molecule has 2 heterocycles. The number of likely N-dealkylation sites (tertiary alicyclic amines) is 2. The van der Waals surface area contributed by atoms with Crippen molar-refractivity contribution >= 4 is 11.8 Å². The average molecular weight is 449 g/mol. The lowest BCUT2D eigenvalue weighted by molar-refractivity contribution is -0.139. The van der Waals surface area contributed by atoms with Crippen LogP contribution in [-0.4, -0.2) is 53.3 Å². The quantitative estimate of drug-likeness (QED) is 0.683. The molecular weight excluding hydrogens is 412 g/mol. The zero-order chi connectivity index (χ0) is 23.4. The summed E-state index contributed by atoms with van der Waals surface area (Å²) in [4.78, 5) is 31.0. The van der Waals surface area contributed by atoms with E-state index in [0.29, 0.717) is 5.92 Å². The van der Waals surface area contributed by atoms with Gasteiger partial charge in [0.05, 0.1) is 0 Å². The van der Waals surface area contributed by atoms with E-state index in [2.05, 4.69) is 34.5 Å². The molecule has 2 aliphatic heterocycles. The van der Waals surface area contributed by atoms with E-state index in [1.165, 1.54) is 5.56 Å². The smallest absolute Gasteiger partial charge is 0.245 e. The van der Waals surface area contributed by atoms with E-state index in [0.717, 1.165) is 44.6 Å². The van der Waals surface area contributed by atoms with Crippen LogP contribution in [0.25, 0.3) is 0 Å². The first-order valence-corrected chi connectivity index (χ1v) is 12.1. The number of nitrogens with two attached hydrogens (primary N) is 1. The van der Waals surface area contributed by atoms with Crippen LogP contribution in [0.2, 0.25) is 0 Å². The van der Waals surface area contributed by atoms with Crippen LogP contribution in [0.5, 0.6) is 0 Å². The zero-order valence-corrected chi connectivity index (χ0v) is 19.7. The zero-order valence-electron chi connectivity index (χ0n) is 19.7. The van der Waals surface area contributed by atoms with Gasteiger partial charge >= 0.3 is 0 Å². The number of nitrogens with one attached hydrogen (secondary N) is 1. The summed E-state index contributed by atoms with van der Waals surface area (Å²) in [5.74, 6) is 0.231. The molecule has 0 radical (unpaired) electrons. The highest BCUT2D eigenvalue weighted by Gasteiger charge is 2.43. The summed E-state index contributed by atoms with van der Waals surface area (Å²) in [5, 5.41) is 2.97. The third-order valence-electron chi connectivity index (χ3n) is 7.15. The van der Waals surface area contributed by atoms with Gasteiger partial charge in [-0.25, -0.2) is 0 Å². The molecule has 6 nitrogen and oxygen atoms in total. The van der Waals surface area contributed by atoms with Crippen LogP contribution in [0.1, 0.15) is 43.9 Å². The predicted octanol–water partition coefficient (Wildman–Crippen LogP) is 2.95. The third-order valence-corrected chi connectivity index (χ3v) is 7.15. The lowest BCUT2D eigenvalue weighted by Crippen LogP contribution is -2.57. The van der Waals surface area contributed by atoms with Crippen LogP contribution in [0.4, 0.5) is 0 Å². The number of benzene rings is 2. The van der Waals surface area contributed by atoms with Crippen LogP contribution >= 0.6 is 0 Å². The lowest BCUT2D eigenvalue weighted by atomic mass is 9.91. The lowest BCUT2D eigenvalue weighted by Gasteiger charge is -2.40. The van der Waals surface area contributed by atoms with Crippen LogP contribution in [0.3, 0.4) is 0 Å². The molecule has 176 valence electrons. The third kappa shape index (κ3) is 5.45. The van der Waals surface area contributed by atoms with Gasteiger partial charge in [0.15, 0.2) is 0 Å². The maximum atomic E-state index is 13.7. The second-order valence-corrected chi connectivity index (χ2v) is 9.78. The first kappa shape index (κ1) is 23.5. The van der Waals surface area contributed by atoms with Gasteiger partial charge in [-0.05, 0) is 42.3 Å². The van der Waals surface area contributed by atoms with Crippen molar-refractivity contribution < 1.29 is 9.59 Å². The van der Waals surface area contributed by atoms with Crippen LogP contribution < -0.4 is 11.1 Å². The Morgan fingerprint density at radius 2 is 1.64 bits per heavy atom. The van der Waals surface area contributed by atoms with Gasteiger partial charge in [-0.3, -0.25) is 14.5 Å². The number of nitrogens with zero attached hydrogens (tertiary/aromatic N) is 2. The van der Waals surface area contributed by atoms with Crippen LogP contribution in [0, 0.1) is 11.8 Å². The Hall–Kier alpha value is -2.70. The second kappa shape index (κ2) is 10.5. The molecule has 2 fully saturated rings. The van der Waals surface area contributed by atoms with Crippen molar-refractivity contribution in [2.75, 3.05) is 19.6 Å². The van der Waals surface area contributed by atoms with E-state index in [1.807, 2.05) is 55.1 Å². The molecule has 0 aliphatic carbocycles. The van der Waals surface area contributed by atoms with Crippen molar-refractivity contribution in [1.29, 1.82) is 0 Å². The molecule has 0 saturated carbocycles. The average Bonchev–Trinajstić information content (AvgIpc) is 3.26. The molecule has 2 unspecified atom stereocenters. The van der Waals surface area contributed by atoms with Crippen LogP contribution in [0.15, 0.2) is 60.7 Å². The van der Waals surface area contributed by atoms with Crippen molar-refractivity contribution in [2.45, 2.75) is 51.4 Å². The van der Waals surface area contributed by atoms with E-state index in [1.54, 1.807) is 0 Å². The summed E-state index contributed by atoms with van der Waals surface area (Å²) in [6, 6.07) is 18.6. The Bertz CT molecular complexity index is 934. The van der Waals surface area contributed by atoms with Gasteiger partial charge in [0, 0.05) is 25.7 Å². The summed E-state index contributed by atoms with van der Waals surface area (Å²) in [6.07, 6.45) is 2.15. The predicted molar refractivity (Wildman–Crippen MR) is 130 cm³/mol. The van der Waals surface area contributed by atoms with Crippen molar-refractivity contribution in [2.24, 2.45) is 17.6 Å². The molecule has 3 N–H and O–H groups in total. The number of carbonyl (C=O) groups excluding carboxylic acids is 2. The topological polar surface area (TPSA) is 78.7 Å². The number of hydrogen-bond acceptors (Lipinski definition) is 4. The minimum atomic E-state index is -0.789. The van der Waals surface area contributed by atoms with E-state index < -0.39 is 12.1 Å². The molecule has 0 spiro atoms. The minimum absolute atomic E-state index is 0.0208. The summed E-state index contributed by atoms with van der Waals surface area (Å²) in [7, 11) is 0. The summed E-state index contributed by atoms with van der Waals surface area (Å²) < 4.78 is 0. The van der Waals surface area contributed by atoms with Crippen LogP contribution in [-0.2, 0) is 16.1 Å². The maximum Gasteiger partial charge on any atom is 0.245 e. The van der Waals surface area contributed by atoms with E-state index >= 15 is 0 Å². The molecule has 2 aromatic rings. The Balaban J connectivity index is 1.42. The number of amides is 2. The highest BCUT2D eigenvalue weighted by Crippen LogP contribution is 2.33. The highest BCUT2D eigenvalue weighted by atomic mass is 16.2. The number of piperidine rings is 1. The Morgan fingerprint density at radius 1 is 1.00 bits per heavy atom. The molecule has 2 aromatic carbocycles. The number of carbonyl (C=O) groups is 2. The van der Waals surface area contributed by atoms with E-state index in [9.17, 15) is 9.59 Å². The van der Waals surface area contributed by atoms with Gasteiger partial charge < -0.3 is 16.0 Å². The van der Waals surface area contributed by atoms with Crippen molar-refractivity contribution in [3.8, 4) is 0 Å². The number of hydrogen-bond donors (Lipinski definition) is 2. The van der Waals surface area contributed by atoms with E-state index in [-0.39, 0.29) is 23.8 Å². The first-order chi connectivity index (χ1) is 15.9. The number of rotatable bonds is 7. The Labute approximate surface area is 197 Å². The van der Waals surface area contributed by atoms with Gasteiger partial charge in [-0.1, -0.05) is 74.5 Å². The van der Waals surface area contributed by atoms with Gasteiger partial charge in [0.2, 0.25) is 11.8 Å². The maximum absolute atomic E-state index is 13.7. The summed E-state index contributed by atoms with van der Waals surface area (Å²) >= 11 is 0. The molecule has 4 rings (SSSR count). The monoisotopic (exact) mass is 448 g/mol. The Kier molecular flexibility index (Phi) is 7.46. The normalized spacial score (nSPS) is 22.6. The fraction of sp³-hybridized carbons (Fsp3) is 0.481. The SMILES string of the molecule is CC(C)[C@H](NC(=O)[C@@H](N)c1ccccc1)C(=O)N1CCC2CCN(Cc3ccccc3)CC21. The van der Waals surface area contributed by atoms with Gasteiger partial charge in [-0.15, -0.1) is 0 Å². The van der Waals surface area contributed by atoms with Crippen molar-refractivity contribution in [3.05, 3.63) is 71.8 Å². The first-order valence-electron chi connectivity index (χ1n) is 12.1.